The van der Waals surface area contributed by atoms with Crippen molar-refractivity contribution in [2.24, 2.45) is 11.5 Å². The zero-order valence-corrected chi connectivity index (χ0v) is 71.6. The number of esters is 8. The molecule has 0 aliphatic heterocycles. The molecule has 4 N–H and O–H groups in total. The van der Waals surface area contributed by atoms with Gasteiger partial charge < -0.3 is 68.3 Å². The van der Waals surface area contributed by atoms with E-state index in [1.54, 1.807) is 109 Å². The highest BCUT2D eigenvalue weighted by atomic mass is 16.6. The molecule has 0 aromatic heterocycles. The summed E-state index contributed by atoms with van der Waals surface area (Å²) in [6.07, 6.45) is 37.1. The molecule has 0 bridgehead atoms. The second kappa shape index (κ2) is 60.6. The number of hydrogen-bond acceptors (Lipinski definition) is 22. The number of carbonyl (C=O) groups is 10. The maximum absolute atomic E-state index is 14.0. The molecule has 2 amide bonds. The fraction of sp³-hybridized carbons (Fsp3) is 0.455. The number of primary amides is 2. The molecule has 0 saturated heterocycles. The van der Waals surface area contributed by atoms with Gasteiger partial charge in [-0.3, -0.25) is 9.59 Å². The van der Waals surface area contributed by atoms with E-state index in [1.807, 2.05) is 0 Å². The van der Waals surface area contributed by atoms with Gasteiger partial charge in [-0.25, -0.2) is 38.4 Å². The third kappa shape index (κ3) is 41.5. The highest BCUT2D eigenvalue weighted by molar-refractivity contribution is 6.01. The van der Waals surface area contributed by atoms with Crippen molar-refractivity contribution in [2.75, 3.05) is 52.9 Å². The van der Waals surface area contributed by atoms with E-state index in [4.69, 9.17) is 68.3 Å². The largest absolute Gasteiger partial charge is 0.494 e. The predicted octanol–water partition coefficient (Wildman–Crippen LogP) is 20.6. The van der Waals surface area contributed by atoms with Gasteiger partial charge in [-0.2, -0.15) is 0 Å². The standard InChI is InChI=1S/C99H126N2O22/c1-5-88(102)116-66-40-30-20-10-16-26-36-62-112-80-54-46-74(47-55-80)96(108)120-84-70-78(92(86(72-84)94(100)106)122-98(110)76-50-58-82(59-51-76)114-64-38-28-18-12-22-32-42-68-118-90(104)7-3)44-34-24-14-9-15-25-35-45-79-71-85(121-97(109)75-48-56-81(57-49-75)113-63-37-27-17-11-21-31-41-67-117-89(103)6-2)73-87(95(101)107)93(79)123-99(111)77-52-60-83(61-53-77)115-65-39-29-19-13-23-33-43-69-119-91(105)8-4/h5-8,46-61,70-73H,1-4,9-45,62-69H2,(H2,100,106)(H2,101,107). The third-order valence-corrected chi connectivity index (χ3v) is 20.2. The Morgan fingerprint density at radius 3 is 0.642 bits per heavy atom. The molecule has 6 aromatic rings. The fourth-order valence-corrected chi connectivity index (χ4v) is 13.4. The maximum atomic E-state index is 14.0. The van der Waals surface area contributed by atoms with E-state index >= 15 is 0 Å². The molecule has 24 nitrogen and oxygen atoms in total. The first kappa shape index (κ1) is 100.0. The lowest BCUT2D eigenvalue weighted by molar-refractivity contribution is -0.138. The van der Waals surface area contributed by atoms with Crippen molar-refractivity contribution in [3.8, 4) is 46.0 Å². The van der Waals surface area contributed by atoms with Gasteiger partial charge in [0, 0.05) is 24.3 Å². The smallest absolute Gasteiger partial charge is 0.343 e. The molecule has 123 heavy (non-hydrogen) atoms. The molecule has 0 saturated carbocycles. The lowest BCUT2D eigenvalue weighted by Gasteiger charge is -2.16. The topological polar surface area (TPSA) is 333 Å². The van der Waals surface area contributed by atoms with Crippen LogP contribution in [-0.4, -0.2) is 112 Å². The molecule has 0 spiro atoms. The molecule has 0 aliphatic carbocycles. The van der Waals surface area contributed by atoms with E-state index in [0.29, 0.717) is 126 Å². The van der Waals surface area contributed by atoms with E-state index in [2.05, 4.69) is 26.3 Å². The van der Waals surface area contributed by atoms with Crippen LogP contribution in [0.25, 0.3) is 0 Å². The van der Waals surface area contributed by atoms with Crippen LogP contribution < -0.4 is 49.4 Å². The molecule has 0 radical (unpaired) electrons. The van der Waals surface area contributed by atoms with Gasteiger partial charge in [0.25, 0.3) is 11.8 Å². The number of hydrogen-bond donors (Lipinski definition) is 2. The van der Waals surface area contributed by atoms with Crippen LogP contribution in [0.5, 0.6) is 46.0 Å². The molecule has 0 unspecified atom stereocenters. The van der Waals surface area contributed by atoms with Crippen LogP contribution in [0.15, 0.2) is 172 Å². The van der Waals surface area contributed by atoms with Crippen LogP contribution >= 0.6 is 0 Å². The first-order valence-electron chi connectivity index (χ1n) is 43.8. The Morgan fingerprint density at radius 2 is 0.431 bits per heavy atom. The number of carbonyl (C=O) groups excluding carboxylic acids is 10. The number of aryl methyl sites for hydroxylation is 2. The Balaban J connectivity index is 1.08. The normalized spacial score (nSPS) is 10.8. The SMILES string of the molecule is C=CC(=O)OCCCCCCCCCOc1ccc(C(=O)Oc2cc(CCCCCCCCCc3cc(OC(=O)c4ccc(OCCCCCCCCCOC(=O)C=C)cc4)cc(C(N)=O)c3OC(=O)c3ccc(OCCCCCCCCCOC(=O)C=C)cc3)c(OC(=O)c3ccc(OCCCCCCCCCOC(=O)C=C)cc3)c(C(N)=O)c2)cc1. The van der Waals surface area contributed by atoms with Crippen molar-refractivity contribution in [1.29, 1.82) is 0 Å². The van der Waals surface area contributed by atoms with E-state index in [9.17, 15) is 47.9 Å². The van der Waals surface area contributed by atoms with Crippen molar-refractivity contribution < 1.29 is 105 Å². The Morgan fingerprint density at radius 1 is 0.236 bits per heavy atom. The quantitative estimate of drug-likeness (QED) is 0.0118. The van der Waals surface area contributed by atoms with Gasteiger partial charge in [-0.1, -0.05) is 187 Å². The fourth-order valence-electron chi connectivity index (χ4n) is 13.4. The molecular weight excluding hydrogens is 1570 g/mol. The van der Waals surface area contributed by atoms with Gasteiger partial charge in [-0.15, -0.1) is 0 Å². The van der Waals surface area contributed by atoms with E-state index in [-0.39, 0.29) is 56.4 Å². The average Bonchev–Trinajstić information content (AvgIpc) is 0.804. The first-order valence-corrected chi connectivity index (χ1v) is 43.8. The molecule has 0 aliphatic rings. The minimum absolute atomic E-state index is 0.0155. The number of amides is 2. The van der Waals surface area contributed by atoms with Crippen LogP contribution in [0.2, 0.25) is 0 Å². The van der Waals surface area contributed by atoms with Crippen molar-refractivity contribution in [3.63, 3.8) is 0 Å². The number of unbranched alkanes of at least 4 members (excludes halogenated alkanes) is 30. The molecule has 6 aromatic carbocycles. The van der Waals surface area contributed by atoms with Crippen LogP contribution in [0.4, 0.5) is 0 Å². The lowest BCUT2D eigenvalue weighted by Crippen LogP contribution is -2.18. The number of nitrogens with two attached hydrogens (primary N) is 2. The summed E-state index contributed by atoms with van der Waals surface area (Å²) >= 11 is 0. The van der Waals surface area contributed by atoms with Gasteiger partial charge in [0.1, 0.15) is 46.0 Å². The summed E-state index contributed by atoms with van der Waals surface area (Å²) in [5.41, 5.74) is 13.4. The zero-order valence-electron chi connectivity index (χ0n) is 71.6. The van der Waals surface area contributed by atoms with Crippen molar-refractivity contribution >= 4 is 59.6 Å². The maximum Gasteiger partial charge on any atom is 0.343 e. The summed E-state index contributed by atoms with van der Waals surface area (Å²) in [5, 5.41) is 0. The van der Waals surface area contributed by atoms with E-state index < -0.39 is 59.6 Å². The van der Waals surface area contributed by atoms with Crippen LogP contribution in [0, 0.1) is 0 Å². The summed E-state index contributed by atoms with van der Waals surface area (Å²) in [6.45, 7) is 17.1. The second-order valence-corrected chi connectivity index (χ2v) is 30.1. The molecule has 6 rings (SSSR count). The molecule has 0 heterocycles. The number of benzene rings is 6. The second-order valence-electron chi connectivity index (χ2n) is 30.1. The minimum atomic E-state index is -0.915. The lowest BCUT2D eigenvalue weighted by atomic mass is 9.99. The highest BCUT2D eigenvalue weighted by Crippen LogP contribution is 2.36. The van der Waals surface area contributed by atoms with E-state index in [1.165, 1.54) is 12.1 Å². The summed E-state index contributed by atoms with van der Waals surface area (Å²) in [6, 6.07) is 31.9. The predicted molar refractivity (Wildman–Crippen MR) is 471 cm³/mol. The first-order chi connectivity index (χ1) is 59.9. The van der Waals surface area contributed by atoms with Gasteiger partial charge in [0.15, 0.2) is 0 Å². The summed E-state index contributed by atoms with van der Waals surface area (Å²) < 4.78 is 68.1. The summed E-state index contributed by atoms with van der Waals surface area (Å²) in [5.74, 6) is -4.19. The Kier molecular flexibility index (Phi) is 49.3. The Hall–Kier alpha value is -11.8. The van der Waals surface area contributed by atoms with Gasteiger partial charge >= 0.3 is 47.8 Å². The summed E-state index contributed by atoms with van der Waals surface area (Å²) in [4.78, 5) is 127. The number of rotatable bonds is 68. The van der Waals surface area contributed by atoms with Crippen molar-refractivity contribution in [1.82, 2.24) is 0 Å². The van der Waals surface area contributed by atoms with Crippen molar-refractivity contribution in [3.05, 3.63) is 216 Å². The summed E-state index contributed by atoms with van der Waals surface area (Å²) in [7, 11) is 0. The zero-order chi connectivity index (χ0) is 88.3. The van der Waals surface area contributed by atoms with Gasteiger partial charge in [0.05, 0.1) is 86.2 Å². The molecule has 24 heteroatoms. The van der Waals surface area contributed by atoms with Crippen molar-refractivity contribution in [2.45, 2.75) is 238 Å². The van der Waals surface area contributed by atoms with Gasteiger partial charge in [0.2, 0.25) is 0 Å². The van der Waals surface area contributed by atoms with Crippen LogP contribution in [0.3, 0.4) is 0 Å². The van der Waals surface area contributed by atoms with Crippen LogP contribution in [-0.2, 0) is 51.0 Å². The Bertz CT molecular complexity index is 4000. The third-order valence-electron chi connectivity index (χ3n) is 20.2. The molecular formula is C99H126N2O22. The molecule has 0 fully saturated rings. The molecule has 0 atom stereocenters. The highest BCUT2D eigenvalue weighted by Gasteiger charge is 2.26. The van der Waals surface area contributed by atoms with Gasteiger partial charge in [-0.05, 0) is 210 Å². The molecule has 664 valence electrons. The Labute approximate surface area is 725 Å². The average molecular weight is 1700 g/mol. The van der Waals surface area contributed by atoms with Crippen LogP contribution in [0.1, 0.15) is 298 Å². The monoisotopic (exact) mass is 1690 g/mol. The number of ether oxygens (including phenoxy) is 12. The minimum Gasteiger partial charge on any atom is -0.494 e. The van der Waals surface area contributed by atoms with E-state index in [0.717, 1.165) is 223 Å².